The second kappa shape index (κ2) is 14.3. The van der Waals surface area contributed by atoms with Crippen LogP contribution in [0, 0.1) is 0 Å². The molecule has 2 rings (SSSR count). The second-order valence-electron chi connectivity index (χ2n) is 8.48. The van der Waals surface area contributed by atoms with Crippen LogP contribution in [0.1, 0.15) is 109 Å². The van der Waals surface area contributed by atoms with Crippen molar-refractivity contribution >= 4 is 11.0 Å². The smallest absolute Gasteiger partial charge is 0.339 e. The molecule has 1 heterocycles. The monoisotopic (exact) mass is 400 g/mol. The molecule has 0 aliphatic rings. The number of benzene rings is 1. The average molecular weight is 401 g/mol. The fraction of sp³-hybridized carbons (Fsp3) is 0.654. The van der Waals surface area contributed by atoms with Crippen molar-refractivity contribution in [2.24, 2.45) is 0 Å². The minimum atomic E-state index is -0.501. The standard InChI is InChI=1S/C26H40O3/c1-2-3-4-5-6-7-8-9-10-11-12-13-14-15-16-17-22-18-19-23-24(27)21-26(28)29-25(23)20-22/h18-21,27H,2-17H2,1H3. The van der Waals surface area contributed by atoms with Crippen LogP contribution in [0.5, 0.6) is 5.75 Å². The van der Waals surface area contributed by atoms with E-state index in [2.05, 4.69) is 6.92 Å². The summed E-state index contributed by atoms with van der Waals surface area (Å²) in [5.74, 6) is -0.00484. The van der Waals surface area contributed by atoms with Gasteiger partial charge in [-0.25, -0.2) is 4.79 Å². The average Bonchev–Trinajstić information content (AvgIpc) is 2.70. The van der Waals surface area contributed by atoms with Gasteiger partial charge in [-0.15, -0.1) is 0 Å². The van der Waals surface area contributed by atoms with Crippen LogP contribution in [0.15, 0.2) is 33.5 Å². The van der Waals surface area contributed by atoms with Crippen LogP contribution in [0.3, 0.4) is 0 Å². The summed E-state index contributed by atoms with van der Waals surface area (Å²) < 4.78 is 5.20. The predicted molar refractivity (Wildman–Crippen MR) is 123 cm³/mol. The Balaban J connectivity index is 1.45. The van der Waals surface area contributed by atoms with Gasteiger partial charge in [0.1, 0.15) is 11.3 Å². The van der Waals surface area contributed by atoms with Gasteiger partial charge in [-0.2, -0.15) is 0 Å². The Morgan fingerprint density at radius 1 is 0.724 bits per heavy atom. The summed E-state index contributed by atoms with van der Waals surface area (Å²) in [6, 6.07) is 6.87. The molecule has 3 nitrogen and oxygen atoms in total. The van der Waals surface area contributed by atoms with Crippen molar-refractivity contribution in [3.05, 3.63) is 40.2 Å². The minimum absolute atomic E-state index is 0.00484. The van der Waals surface area contributed by atoms with Gasteiger partial charge in [0.05, 0.1) is 11.5 Å². The van der Waals surface area contributed by atoms with E-state index >= 15 is 0 Å². The van der Waals surface area contributed by atoms with Crippen LogP contribution < -0.4 is 5.63 Å². The van der Waals surface area contributed by atoms with Crippen LogP contribution in [0.4, 0.5) is 0 Å². The molecule has 0 atom stereocenters. The van der Waals surface area contributed by atoms with Gasteiger partial charge < -0.3 is 9.52 Å². The zero-order valence-corrected chi connectivity index (χ0v) is 18.4. The topological polar surface area (TPSA) is 50.4 Å². The molecule has 0 aliphatic carbocycles. The Kier molecular flexibility index (Phi) is 11.6. The lowest BCUT2D eigenvalue weighted by atomic mass is 10.0. The maximum Gasteiger partial charge on any atom is 0.339 e. The maximum atomic E-state index is 11.4. The van der Waals surface area contributed by atoms with Crippen LogP contribution in [-0.2, 0) is 6.42 Å². The van der Waals surface area contributed by atoms with Gasteiger partial charge in [0.15, 0.2) is 0 Å². The largest absolute Gasteiger partial charge is 0.507 e. The highest BCUT2D eigenvalue weighted by Crippen LogP contribution is 2.24. The molecule has 0 bridgehead atoms. The van der Waals surface area contributed by atoms with Gasteiger partial charge in [-0.3, -0.25) is 0 Å². The lowest BCUT2D eigenvalue weighted by molar-refractivity contribution is 0.468. The number of unbranched alkanes of at least 4 members (excludes halogenated alkanes) is 14. The highest BCUT2D eigenvalue weighted by molar-refractivity contribution is 5.83. The third-order valence-electron chi connectivity index (χ3n) is 5.86. The highest BCUT2D eigenvalue weighted by atomic mass is 16.4. The number of aromatic hydroxyl groups is 1. The van der Waals surface area contributed by atoms with Gasteiger partial charge in [0, 0.05) is 0 Å². The molecule has 1 aromatic heterocycles. The summed E-state index contributed by atoms with van der Waals surface area (Å²) in [4.78, 5) is 11.4. The quantitative estimate of drug-likeness (QED) is 0.230. The van der Waals surface area contributed by atoms with E-state index in [0.717, 1.165) is 18.9 Å². The molecule has 29 heavy (non-hydrogen) atoms. The van der Waals surface area contributed by atoms with Crippen molar-refractivity contribution in [2.75, 3.05) is 0 Å². The molecule has 162 valence electrons. The number of fused-ring (bicyclic) bond motifs is 1. The van der Waals surface area contributed by atoms with E-state index in [-0.39, 0.29) is 5.75 Å². The fourth-order valence-corrected chi connectivity index (χ4v) is 4.05. The SMILES string of the molecule is CCCCCCCCCCCCCCCCCc1ccc2c(O)cc(=O)oc2c1. The lowest BCUT2D eigenvalue weighted by Gasteiger charge is -2.05. The maximum absolute atomic E-state index is 11.4. The number of hydrogen-bond acceptors (Lipinski definition) is 3. The van der Waals surface area contributed by atoms with E-state index < -0.39 is 5.63 Å². The van der Waals surface area contributed by atoms with E-state index in [9.17, 15) is 9.90 Å². The molecule has 0 amide bonds. The van der Waals surface area contributed by atoms with E-state index in [1.165, 1.54) is 95.5 Å². The number of aryl methyl sites for hydroxylation is 1. The van der Waals surface area contributed by atoms with Crippen LogP contribution in [-0.4, -0.2) is 5.11 Å². The molecule has 0 spiro atoms. The molecular weight excluding hydrogens is 360 g/mol. The third-order valence-corrected chi connectivity index (χ3v) is 5.86. The molecule has 3 heteroatoms. The van der Waals surface area contributed by atoms with E-state index in [4.69, 9.17) is 4.42 Å². The van der Waals surface area contributed by atoms with Gasteiger partial charge in [0.2, 0.25) is 0 Å². The van der Waals surface area contributed by atoms with Crippen molar-refractivity contribution in [1.82, 2.24) is 0 Å². The Morgan fingerprint density at radius 2 is 1.24 bits per heavy atom. The van der Waals surface area contributed by atoms with Crippen molar-refractivity contribution in [1.29, 1.82) is 0 Å². The van der Waals surface area contributed by atoms with Gasteiger partial charge in [-0.05, 0) is 30.5 Å². The summed E-state index contributed by atoms with van der Waals surface area (Å²) in [6.07, 6.45) is 21.5. The lowest BCUT2D eigenvalue weighted by Crippen LogP contribution is -1.96. The van der Waals surface area contributed by atoms with Crippen LogP contribution in [0.2, 0.25) is 0 Å². The predicted octanol–water partition coefficient (Wildman–Crippen LogP) is 7.91. The summed E-state index contributed by atoms with van der Waals surface area (Å²) >= 11 is 0. The Hall–Kier alpha value is -1.77. The second-order valence-corrected chi connectivity index (χ2v) is 8.48. The summed E-state index contributed by atoms with van der Waals surface area (Å²) in [6.45, 7) is 2.28. The normalized spacial score (nSPS) is 11.3. The molecule has 0 saturated carbocycles. The molecule has 1 N–H and O–H groups in total. The van der Waals surface area contributed by atoms with E-state index in [0.29, 0.717) is 11.0 Å². The van der Waals surface area contributed by atoms with E-state index in [1.54, 1.807) is 0 Å². The van der Waals surface area contributed by atoms with Crippen LogP contribution >= 0.6 is 0 Å². The van der Waals surface area contributed by atoms with Crippen molar-refractivity contribution in [2.45, 2.75) is 110 Å². The molecule has 2 aromatic rings. The molecule has 0 radical (unpaired) electrons. The van der Waals surface area contributed by atoms with Gasteiger partial charge >= 0.3 is 5.63 Å². The summed E-state index contributed by atoms with van der Waals surface area (Å²) in [7, 11) is 0. The van der Waals surface area contributed by atoms with Crippen molar-refractivity contribution < 1.29 is 9.52 Å². The third kappa shape index (κ3) is 9.51. The Morgan fingerprint density at radius 3 is 1.79 bits per heavy atom. The molecular formula is C26H40O3. The Labute approximate surface area is 176 Å². The minimum Gasteiger partial charge on any atom is -0.507 e. The van der Waals surface area contributed by atoms with Crippen LogP contribution in [0.25, 0.3) is 11.0 Å². The summed E-state index contributed by atoms with van der Waals surface area (Å²) in [5.41, 5.74) is 1.15. The highest BCUT2D eigenvalue weighted by Gasteiger charge is 2.05. The first-order valence-electron chi connectivity index (χ1n) is 12.0. The van der Waals surface area contributed by atoms with Gasteiger partial charge in [0.25, 0.3) is 0 Å². The zero-order chi connectivity index (χ0) is 20.7. The zero-order valence-electron chi connectivity index (χ0n) is 18.4. The first-order chi connectivity index (χ1) is 14.2. The molecule has 0 fully saturated rings. The first kappa shape index (κ1) is 23.5. The molecule has 0 unspecified atom stereocenters. The molecule has 0 saturated heterocycles. The fourth-order valence-electron chi connectivity index (χ4n) is 4.05. The molecule has 0 aliphatic heterocycles. The number of rotatable bonds is 16. The van der Waals surface area contributed by atoms with Gasteiger partial charge in [-0.1, -0.05) is 103 Å². The van der Waals surface area contributed by atoms with Crippen molar-refractivity contribution in [3.8, 4) is 5.75 Å². The Bertz CT molecular complexity index is 747. The van der Waals surface area contributed by atoms with E-state index in [1.807, 2.05) is 18.2 Å². The first-order valence-corrected chi connectivity index (χ1v) is 12.0. The van der Waals surface area contributed by atoms with Crippen molar-refractivity contribution in [3.63, 3.8) is 0 Å². The number of hydrogen-bond donors (Lipinski definition) is 1. The summed E-state index contributed by atoms with van der Waals surface area (Å²) in [5, 5.41) is 10.4. The molecule has 1 aromatic carbocycles.